The van der Waals surface area contributed by atoms with Crippen LogP contribution in [-0.2, 0) is 10.2 Å². The van der Waals surface area contributed by atoms with Gasteiger partial charge in [-0.15, -0.1) is 0 Å². The van der Waals surface area contributed by atoms with Gasteiger partial charge in [-0.3, -0.25) is 4.79 Å². The van der Waals surface area contributed by atoms with Crippen LogP contribution in [-0.4, -0.2) is 22.6 Å². The zero-order chi connectivity index (χ0) is 13.5. The summed E-state index contributed by atoms with van der Waals surface area (Å²) in [5, 5.41) is 9.49. The van der Waals surface area contributed by atoms with Crippen LogP contribution in [0.1, 0.15) is 42.7 Å². The smallest absolute Gasteiger partial charge is 0.314 e. The van der Waals surface area contributed by atoms with Crippen LogP contribution in [0.4, 0.5) is 0 Å². The number of benzene rings is 1. The summed E-state index contributed by atoms with van der Waals surface area (Å²) in [7, 11) is 0. The van der Waals surface area contributed by atoms with E-state index in [0.717, 1.165) is 29.3 Å². The van der Waals surface area contributed by atoms with Crippen molar-refractivity contribution in [1.29, 1.82) is 0 Å². The minimum Gasteiger partial charge on any atom is -0.481 e. The number of carboxylic acids is 1. The van der Waals surface area contributed by atoms with Gasteiger partial charge in [0.15, 0.2) is 0 Å². The quantitative estimate of drug-likeness (QED) is 0.896. The van der Waals surface area contributed by atoms with Crippen molar-refractivity contribution in [3.8, 4) is 0 Å². The highest BCUT2D eigenvalue weighted by Gasteiger charge is 2.46. The van der Waals surface area contributed by atoms with Gasteiger partial charge in [0, 0.05) is 10.2 Å². The zero-order valence-electron chi connectivity index (χ0n) is 10.7. The van der Waals surface area contributed by atoms with E-state index in [1.807, 2.05) is 23.9 Å². The number of halogens is 1. The van der Waals surface area contributed by atoms with Crippen LogP contribution < -0.4 is 0 Å². The van der Waals surface area contributed by atoms with Crippen LogP contribution >= 0.6 is 27.7 Å². The van der Waals surface area contributed by atoms with Crippen molar-refractivity contribution in [1.82, 2.24) is 0 Å². The van der Waals surface area contributed by atoms with E-state index in [1.54, 1.807) is 0 Å². The van der Waals surface area contributed by atoms with Crippen molar-refractivity contribution in [3.63, 3.8) is 0 Å². The van der Waals surface area contributed by atoms with Gasteiger partial charge >= 0.3 is 5.97 Å². The first-order chi connectivity index (χ1) is 9.13. The first-order valence-corrected chi connectivity index (χ1v) is 8.69. The molecule has 0 bridgehead atoms. The molecule has 2 aliphatic rings. The third kappa shape index (κ3) is 2.23. The molecule has 1 heterocycles. The van der Waals surface area contributed by atoms with E-state index in [0.29, 0.717) is 5.92 Å². The number of carbonyl (C=O) groups is 1. The van der Waals surface area contributed by atoms with Gasteiger partial charge in [0.1, 0.15) is 0 Å². The minimum absolute atomic E-state index is 0.620. The zero-order valence-corrected chi connectivity index (χ0v) is 13.1. The van der Waals surface area contributed by atoms with Crippen molar-refractivity contribution in [2.24, 2.45) is 0 Å². The predicted octanol–water partition coefficient (Wildman–Crippen LogP) is 4.18. The number of rotatable bonds is 3. The topological polar surface area (TPSA) is 37.3 Å². The normalized spacial score (nSPS) is 25.0. The van der Waals surface area contributed by atoms with E-state index < -0.39 is 11.4 Å². The summed E-state index contributed by atoms with van der Waals surface area (Å²) in [6.07, 6.45) is 3.79. The number of hydrogen-bond donors (Lipinski definition) is 1. The molecule has 1 aromatic rings. The largest absolute Gasteiger partial charge is 0.481 e. The van der Waals surface area contributed by atoms with E-state index in [4.69, 9.17) is 0 Å². The summed E-state index contributed by atoms with van der Waals surface area (Å²) in [5.74, 6) is 2.37. The molecule has 1 unspecified atom stereocenters. The average molecular weight is 341 g/mol. The van der Waals surface area contributed by atoms with Crippen LogP contribution in [0.25, 0.3) is 0 Å². The third-order valence-electron chi connectivity index (χ3n) is 4.54. The third-order valence-corrected chi connectivity index (χ3v) is 6.39. The molecule has 1 saturated heterocycles. The number of thioether (sulfide) groups is 1. The maximum Gasteiger partial charge on any atom is 0.314 e. The maximum absolute atomic E-state index is 11.5. The highest BCUT2D eigenvalue weighted by atomic mass is 79.9. The average Bonchev–Trinajstić information content (AvgIpc) is 2.80. The molecule has 1 atom stereocenters. The van der Waals surface area contributed by atoms with Crippen molar-refractivity contribution < 1.29 is 9.90 Å². The summed E-state index contributed by atoms with van der Waals surface area (Å²) in [6.45, 7) is 0. The van der Waals surface area contributed by atoms with Gasteiger partial charge in [0.2, 0.25) is 0 Å². The highest BCUT2D eigenvalue weighted by molar-refractivity contribution is 9.10. The lowest BCUT2D eigenvalue weighted by Gasteiger charge is -2.38. The molecule has 19 heavy (non-hydrogen) atoms. The van der Waals surface area contributed by atoms with Crippen LogP contribution in [0.3, 0.4) is 0 Å². The monoisotopic (exact) mass is 340 g/mol. The summed E-state index contributed by atoms with van der Waals surface area (Å²) in [6, 6.07) is 6.22. The molecule has 0 spiro atoms. The molecule has 0 amide bonds. The highest BCUT2D eigenvalue weighted by Crippen LogP contribution is 2.46. The lowest BCUT2D eigenvalue weighted by molar-refractivity contribution is -0.147. The number of carboxylic acid groups (broad SMARTS) is 1. The van der Waals surface area contributed by atoms with E-state index in [1.165, 1.54) is 23.5 Å². The molecule has 0 aromatic heterocycles. The molecule has 1 aliphatic heterocycles. The summed E-state index contributed by atoms with van der Waals surface area (Å²) in [5.41, 5.74) is 1.69. The number of hydrogen-bond acceptors (Lipinski definition) is 2. The standard InChI is InChI=1S/C15H17BrO2S/c16-13-8-11(15(14(17)18)5-1-6-15)2-3-12(13)10-4-7-19-9-10/h2-3,8,10H,1,4-7,9H2,(H,17,18). The molecular weight excluding hydrogens is 324 g/mol. The van der Waals surface area contributed by atoms with Crippen LogP contribution in [0.2, 0.25) is 0 Å². The van der Waals surface area contributed by atoms with Gasteiger partial charge < -0.3 is 5.11 Å². The summed E-state index contributed by atoms with van der Waals surface area (Å²) < 4.78 is 1.09. The fourth-order valence-corrected chi connectivity index (χ4v) is 5.04. The second-order valence-electron chi connectivity index (χ2n) is 5.54. The SMILES string of the molecule is O=C(O)C1(c2ccc(C3CCSC3)c(Br)c2)CCC1. The first kappa shape index (κ1) is 13.5. The second kappa shape index (κ2) is 5.13. The van der Waals surface area contributed by atoms with Gasteiger partial charge in [-0.25, -0.2) is 0 Å². The van der Waals surface area contributed by atoms with Gasteiger partial charge in [-0.1, -0.05) is 34.5 Å². The van der Waals surface area contributed by atoms with E-state index in [-0.39, 0.29) is 0 Å². The van der Waals surface area contributed by atoms with Crippen molar-refractivity contribution in [2.75, 3.05) is 11.5 Å². The maximum atomic E-state index is 11.5. The molecule has 1 aliphatic carbocycles. The number of aliphatic carboxylic acids is 1. The molecule has 102 valence electrons. The molecule has 0 radical (unpaired) electrons. The van der Waals surface area contributed by atoms with Gasteiger partial charge in [-0.2, -0.15) is 11.8 Å². The Morgan fingerprint density at radius 1 is 1.42 bits per heavy atom. The minimum atomic E-state index is -0.671. The molecule has 1 aromatic carbocycles. The van der Waals surface area contributed by atoms with Crippen molar-refractivity contribution in [3.05, 3.63) is 33.8 Å². The van der Waals surface area contributed by atoms with E-state index in [9.17, 15) is 9.90 Å². The summed E-state index contributed by atoms with van der Waals surface area (Å²) in [4.78, 5) is 11.5. The first-order valence-electron chi connectivity index (χ1n) is 6.74. The predicted molar refractivity (Wildman–Crippen MR) is 82.0 cm³/mol. The Bertz CT molecular complexity index is 505. The lowest BCUT2D eigenvalue weighted by atomic mass is 9.64. The lowest BCUT2D eigenvalue weighted by Crippen LogP contribution is -2.42. The fourth-order valence-electron chi connectivity index (χ4n) is 3.09. The summed E-state index contributed by atoms with van der Waals surface area (Å²) >= 11 is 5.65. The Morgan fingerprint density at radius 3 is 2.68 bits per heavy atom. The molecule has 2 nitrogen and oxygen atoms in total. The van der Waals surface area contributed by atoms with Gasteiger partial charge in [-0.05, 0) is 48.1 Å². The Kier molecular flexibility index (Phi) is 3.65. The van der Waals surface area contributed by atoms with E-state index in [2.05, 4.69) is 22.0 Å². The Morgan fingerprint density at radius 2 is 2.21 bits per heavy atom. The van der Waals surface area contributed by atoms with Crippen LogP contribution in [0.5, 0.6) is 0 Å². The molecule has 3 rings (SSSR count). The van der Waals surface area contributed by atoms with Crippen molar-refractivity contribution >= 4 is 33.7 Å². The molecular formula is C15H17BrO2S. The van der Waals surface area contributed by atoms with Gasteiger partial charge in [0.25, 0.3) is 0 Å². The van der Waals surface area contributed by atoms with Gasteiger partial charge in [0.05, 0.1) is 5.41 Å². The Hall–Kier alpha value is -0.480. The Labute approximate surface area is 126 Å². The van der Waals surface area contributed by atoms with Crippen molar-refractivity contribution in [2.45, 2.75) is 37.0 Å². The molecule has 4 heteroatoms. The Balaban J connectivity index is 1.92. The fraction of sp³-hybridized carbons (Fsp3) is 0.533. The van der Waals surface area contributed by atoms with Crippen LogP contribution in [0, 0.1) is 0 Å². The molecule has 1 saturated carbocycles. The second-order valence-corrected chi connectivity index (χ2v) is 7.54. The molecule has 2 fully saturated rings. The van der Waals surface area contributed by atoms with Crippen LogP contribution in [0.15, 0.2) is 22.7 Å². The molecule has 1 N–H and O–H groups in total. The van der Waals surface area contributed by atoms with E-state index >= 15 is 0 Å².